The average Bonchev–Trinajstić information content (AvgIpc) is 3.67. The molecule has 0 bridgehead atoms. The van der Waals surface area contributed by atoms with Gasteiger partial charge in [-0.15, -0.1) is 21.5 Å². The molecule has 1 N–H and O–H groups in total. The van der Waals surface area contributed by atoms with Crippen molar-refractivity contribution < 1.29 is 4.79 Å². The number of thiophene rings is 1. The van der Waals surface area contributed by atoms with Gasteiger partial charge in [0.1, 0.15) is 0 Å². The summed E-state index contributed by atoms with van der Waals surface area (Å²) in [5.74, 6) is 1.06. The van der Waals surface area contributed by atoms with Crippen LogP contribution < -0.4 is 5.32 Å². The third-order valence-corrected chi connectivity index (χ3v) is 7.86. The lowest BCUT2D eigenvalue weighted by molar-refractivity contribution is -0.118. The molecule has 1 fully saturated rings. The van der Waals surface area contributed by atoms with Gasteiger partial charge in [-0.1, -0.05) is 66.4 Å². The molecule has 2 aromatic heterocycles. The van der Waals surface area contributed by atoms with Gasteiger partial charge in [-0.2, -0.15) is 0 Å². The molecule has 3 heterocycles. The van der Waals surface area contributed by atoms with Crippen LogP contribution in [0.3, 0.4) is 0 Å². The number of nitrogens with one attached hydrogen (secondary N) is 1. The Balaban J connectivity index is 1.28. The highest BCUT2D eigenvalue weighted by atomic mass is 32.2. The molecular formula is C26H27N5OS2. The van der Waals surface area contributed by atoms with Crippen molar-refractivity contribution >= 4 is 29.0 Å². The van der Waals surface area contributed by atoms with Gasteiger partial charge in [-0.25, -0.2) is 0 Å². The molecule has 1 atom stereocenters. The first kappa shape index (κ1) is 22.8. The smallest absolute Gasteiger partial charge is 0.230 e. The lowest BCUT2D eigenvalue weighted by Gasteiger charge is -2.26. The van der Waals surface area contributed by atoms with Crippen LogP contribution in [0.15, 0.2) is 83.3 Å². The zero-order chi connectivity index (χ0) is 23.2. The maximum absolute atomic E-state index is 12.8. The zero-order valence-electron chi connectivity index (χ0n) is 18.8. The molecule has 2 aromatic carbocycles. The second-order valence-corrected chi connectivity index (χ2v) is 10.1. The molecule has 8 heteroatoms. The van der Waals surface area contributed by atoms with Crippen molar-refractivity contribution in [2.75, 3.05) is 25.4 Å². The Hall–Kier alpha value is -2.94. The Morgan fingerprint density at radius 1 is 0.971 bits per heavy atom. The first-order valence-corrected chi connectivity index (χ1v) is 13.4. The summed E-state index contributed by atoms with van der Waals surface area (Å²) in [4.78, 5) is 16.6. The number of carbonyl (C=O) groups excluding carboxylic acids is 1. The van der Waals surface area contributed by atoms with Crippen LogP contribution >= 0.6 is 23.1 Å². The molecule has 0 radical (unpaired) electrons. The summed E-state index contributed by atoms with van der Waals surface area (Å²) >= 11 is 3.17. The van der Waals surface area contributed by atoms with Crippen LogP contribution in [0.2, 0.25) is 0 Å². The van der Waals surface area contributed by atoms with Crippen molar-refractivity contribution in [2.45, 2.75) is 24.0 Å². The summed E-state index contributed by atoms with van der Waals surface area (Å²) in [7, 11) is 0. The topological polar surface area (TPSA) is 63.1 Å². The van der Waals surface area contributed by atoms with Gasteiger partial charge in [0.2, 0.25) is 5.91 Å². The number of amides is 1. The third-order valence-electron chi connectivity index (χ3n) is 5.96. The Morgan fingerprint density at radius 3 is 2.41 bits per heavy atom. The van der Waals surface area contributed by atoms with E-state index in [0.717, 1.165) is 30.2 Å². The molecular weight excluding hydrogens is 462 g/mol. The summed E-state index contributed by atoms with van der Waals surface area (Å²) in [5, 5.41) is 14.9. The number of nitrogens with zero attached hydrogens (tertiary/aromatic N) is 4. The number of hydrogen-bond donors (Lipinski definition) is 1. The normalized spacial score (nSPS) is 14.8. The Labute approximate surface area is 208 Å². The fraction of sp³-hybridized carbons (Fsp3) is 0.269. The van der Waals surface area contributed by atoms with Crippen LogP contribution in [0.4, 0.5) is 0 Å². The number of benzene rings is 2. The molecule has 4 aromatic rings. The molecule has 1 saturated heterocycles. The van der Waals surface area contributed by atoms with Crippen LogP contribution in [-0.4, -0.2) is 51.0 Å². The standard InChI is InChI=1S/C26H27N5OS2/c32-24(27-18-22(23-14-9-17-33-23)30-15-7-8-16-30)19-34-26-29-28-25(20-10-3-1-4-11-20)31(26)21-12-5-2-6-13-21/h1-6,9-14,17,22H,7-8,15-16,18-19H2,(H,27,32). The van der Waals surface area contributed by atoms with Gasteiger partial charge in [0.05, 0.1) is 11.8 Å². The van der Waals surface area contributed by atoms with E-state index in [1.807, 2.05) is 65.2 Å². The van der Waals surface area contributed by atoms with Crippen molar-refractivity contribution in [3.8, 4) is 17.1 Å². The van der Waals surface area contributed by atoms with Crippen LogP contribution in [0.25, 0.3) is 17.1 Å². The van der Waals surface area contributed by atoms with Crippen molar-refractivity contribution in [1.82, 2.24) is 25.0 Å². The van der Waals surface area contributed by atoms with Crippen LogP contribution in [-0.2, 0) is 4.79 Å². The predicted octanol–water partition coefficient (Wildman–Crippen LogP) is 5.04. The number of aromatic nitrogens is 3. The van der Waals surface area contributed by atoms with E-state index >= 15 is 0 Å². The average molecular weight is 490 g/mol. The van der Waals surface area contributed by atoms with Crippen molar-refractivity contribution in [1.29, 1.82) is 0 Å². The second kappa shape index (κ2) is 11.0. The molecule has 1 aliphatic heterocycles. The van der Waals surface area contributed by atoms with Crippen molar-refractivity contribution in [3.63, 3.8) is 0 Å². The third kappa shape index (κ3) is 5.24. The van der Waals surface area contributed by atoms with E-state index in [9.17, 15) is 4.79 Å². The predicted molar refractivity (Wildman–Crippen MR) is 138 cm³/mol. The first-order valence-electron chi connectivity index (χ1n) is 11.5. The lowest BCUT2D eigenvalue weighted by atomic mass is 10.2. The molecule has 6 nitrogen and oxygen atoms in total. The number of likely N-dealkylation sites (tertiary alicyclic amines) is 1. The van der Waals surface area contributed by atoms with E-state index in [0.29, 0.717) is 11.7 Å². The van der Waals surface area contributed by atoms with E-state index in [1.54, 1.807) is 11.3 Å². The molecule has 0 saturated carbocycles. The highest BCUT2D eigenvalue weighted by Gasteiger charge is 2.25. The van der Waals surface area contributed by atoms with Gasteiger partial charge in [-0.3, -0.25) is 14.3 Å². The van der Waals surface area contributed by atoms with Gasteiger partial charge in [0, 0.05) is 22.7 Å². The van der Waals surface area contributed by atoms with Gasteiger partial charge in [0.15, 0.2) is 11.0 Å². The largest absolute Gasteiger partial charge is 0.353 e. The van der Waals surface area contributed by atoms with E-state index in [1.165, 1.54) is 29.5 Å². The summed E-state index contributed by atoms with van der Waals surface area (Å²) in [6.45, 7) is 2.81. The molecule has 5 rings (SSSR count). The molecule has 34 heavy (non-hydrogen) atoms. The second-order valence-electron chi connectivity index (χ2n) is 8.21. The summed E-state index contributed by atoms with van der Waals surface area (Å²) < 4.78 is 2.02. The van der Waals surface area contributed by atoms with Gasteiger partial charge in [-0.05, 0) is 49.5 Å². The number of rotatable bonds is 9. The Kier molecular flexibility index (Phi) is 7.38. The summed E-state index contributed by atoms with van der Waals surface area (Å²) in [6, 6.07) is 24.5. The SMILES string of the molecule is O=C(CSc1nnc(-c2ccccc2)n1-c1ccccc1)NCC(c1cccs1)N1CCCC1. The maximum Gasteiger partial charge on any atom is 0.230 e. The highest BCUT2D eigenvalue weighted by Crippen LogP contribution is 2.29. The number of thioether (sulfide) groups is 1. The molecule has 1 aliphatic rings. The van der Waals surface area contributed by atoms with E-state index in [4.69, 9.17) is 0 Å². The Bertz CT molecular complexity index is 1190. The van der Waals surface area contributed by atoms with Crippen LogP contribution in [0, 0.1) is 0 Å². The Morgan fingerprint density at radius 2 is 1.71 bits per heavy atom. The molecule has 174 valence electrons. The summed E-state index contributed by atoms with van der Waals surface area (Å²) in [6.07, 6.45) is 2.45. The minimum absolute atomic E-state index is 0.00891. The quantitative estimate of drug-likeness (QED) is 0.334. The van der Waals surface area contributed by atoms with Gasteiger partial charge >= 0.3 is 0 Å². The lowest BCUT2D eigenvalue weighted by Crippen LogP contribution is -2.37. The van der Waals surface area contributed by atoms with Crippen LogP contribution in [0.1, 0.15) is 23.8 Å². The first-order chi connectivity index (χ1) is 16.8. The van der Waals surface area contributed by atoms with E-state index in [2.05, 4.69) is 37.9 Å². The zero-order valence-corrected chi connectivity index (χ0v) is 20.5. The van der Waals surface area contributed by atoms with Crippen LogP contribution in [0.5, 0.6) is 0 Å². The highest BCUT2D eigenvalue weighted by molar-refractivity contribution is 7.99. The molecule has 1 amide bonds. The van der Waals surface area contributed by atoms with Crippen molar-refractivity contribution in [2.24, 2.45) is 0 Å². The number of carbonyl (C=O) groups is 1. The van der Waals surface area contributed by atoms with Gasteiger partial charge in [0.25, 0.3) is 0 Å². The molecule has 0 aliphatic carbocycles. The maximum atomic E-state index is 12.8. The van der Waals surface area contributed by atoms with Crippen molar-refractivity contribution in [3.05, 3.63) is 83.1 Å². The van der Waals surface area contributed by atoms with E-state index < -0.39 is 0 Å². The molecule has 0 spiro atoms. The monoisotopic (exact) mass is 489 g/mol. The molecule has 1 unspecified atom stereocenters. The summed E-state index contributed by atoms with van der Waals surface area (Å²) in [5.41, 5.74) is 1.96. The minimum atomic E-state index is 0.00891. The fourth-order valence-corrected chi connectivity index (χ4v) is 5.93. The minimum Gasteiger partial charge on any atom is -0.353 e. The van der Waals surface area contributed by atoms with E-state index in [-0.39, 0.29) is 17.7 Å². The fourth-order valence-electron chi connectivity index (χ4n) is 4.28. The number of para-hydroxylation sites is 1. The van der Waals surface area contributed by atoms with Gasteiger partial charge < -0.3 is 5.32 Å². The number of hydrogen-bond acceptors (Lipinski definition) is 6.